The van der Waals surface area contributed by atoms with Crippen LogP contribution in [0.15, 0.2) is 48.7 Å². The van der Waals surface area contributed by atoms with Crippen molar-refractivity contribution in [2.24, 2.45) is 0 Å². The summed E-state index contributed by atoms with van der Waals surface area (Å²) in [4.78, 5) is 29.5. The first-order valence-corrected chi connectivity index (χ1v) is 10.8. The fraction of sp³-hybridized carbons (Fsp3) is 0.304. The number of para-hydroxylation sites is 2. The van der Waals surface area contributed by atoms with Crippen LogP contribution in [0, 0.1) is 0 Å². The summed E-state index contributed by atoms with van der Waals surface area (Å²) in [6, 6.07) is 13.9. The van der Waals surface area contributed by atoms with Crippen molar-refractivity contribution < 1.29 is 4.79 Å². The van der Waals surface area contributed by atoms with Gasteiger partial charge in [-0.25, -0.2) is 9.97 Å². The number of benzene rings is 1. The van der Waals surface area contributed by atoms with E-state index in [2.05, 4.69) is 54.4 Å². The number of anilines is 2. The van der Waals surface area contributed by atoms with E-state index in [1.54, 1.807) is 12.3 Å². The molecule has 9 nitrogen and oxygen atoms in total. The molecule has 1 aliphatic heterocycles. The van der Waals surface area contributed by atoms with E-state index in [1.165, 1.54) is 0 Å². The number of H-pyrrole nitrogens is 2. The van der Waals surface area contributed by atoms with Gasteiger partial charge in [-0.15, -0.1) is 0 Å². The summed E-state index contributed by atoms with van der Waals surface area (Å²) in [5.74, 6) is 1.76. The van der Waals surface area contributed by atoms with Gasteiger partial charge >= 0.3 is 0 Å². The van der Waals surface area contributed by atoms with Gasteiger partial charge in [0.1, 0.15) is 11.5 Å². The maximum Gasteiger partial charge on any atom is 0.258 e. The summed E-state index contributed by atoms with van der Waals surface area (Å²) in [5.41, 5.74) is 3.01. The molecule has 1 aliphatic rings. The molecule has 1 aromatic carbocycles. The Morgan fingerprint density at radius 2 is 1.97 bits per heavy atom. The Morgan fingerprint density at radius 1 is 1.16 bits per heavy atom. The first-order valence-electron chi connectivity index (χ1n) is 10.8. The van der Waals surface area contributed by atoms with Crippen molar-refractivity contribution in [3.8, 4) is 11.5 Å². The predicted octanol–water partition coefficient (Wildman–Crippen LogP) is 3.13. The maximum absolute atomic E-state index is 12.7. The second-order valence-electron chi connectivity index (χ2n) is 8.31. The number of carbonyl (C=O) groups is 1. The first kappa shape index (κ1) is 20.2. The van der Waals surface area contributed by atoms with Crippen LogP contribution in [0.5, 0.6) is 0 Å². The number of nitrogens with zero attached hydrogens (tertiary/aromatic N) is 5. The summed E-state index contributed by atoms with van der Waals surface area (Å²) in [6.07, 6.45) is 3.85. The molecule has 1 saturated heterocycles. The van der Waals surface area contributed by atoms with Crippen LogP contribution in [0.1, 0.15) is 23.2 Å². The van der Waals surface area contributed by atoms with Crippen molar-refractivity contribution in [3.63, 3.8) is 0 Å². The number of amides is 1. The Morgan fingerprint density at radius 3 is 2.69 bits per heavy atom. The molecule has 1 amide bonds. The zero-order chi connectivity index (χ0) is 22.1. The molecule has 4 aromatic rings. The molecule has 0 atom stereocenters. The summed E-state index contributed by atoms with van der Waals surface area (Å²) in [7, 11) is 4.26. The van der Waals surface area contributed by atoms with E-state index in [9.17, 15) is 4.79 Å². The number of nitrogens with one attached hydrogen (secondary N) is 3. The molecule has 0 unspecified atom stereocenters. The molecule has 0 saturated carbocycles. The van der Waals surface area contributed by atoms with Gasteiger partial charge in [0.05, 0.1) is 16.6 Å². The topological polar surface area (TPSA) is 106 Å². The number of rotatable bonds is 5. The SMILES string of the molecule is CN(C)C1CCN(c2ccc(C(=O)Nc3cc(-c4nc5ccccc5[nH]4)[nH]n3)cn2)CC1. The van der Waals surface area contributed by atoms with Crippen molar-refractivity contribution in [1.29, 1.82) is 0 Å². The van der Waals surface area contributed by atoms with Gasteiger partial charge in [-0.1, -0.05) is 12.1 Å². The Hall–Kier alpha value is -3.72. The zero-order valence-corrected chi connectivity index (χ0v) is 18.2. The first-order chi connectivity index (χ1) is 15.6. The highest BCUT2D eigenvalue weighted by Gasteiger charge is 2.21. The number of pyridine rings is 1. The van der Waals surface area contributed by atoms with Crippen molar-refractivity contribution in [3.05, 3.63) is 54.2 Å². The van der Waals surface area contributed by atoms with Crippen LogP contribution in [0.2, 0.25) is 0 Å². The summed E-state index contributed by atoms with van der Waals surface area (Å²) in [5, 5.41) is 9.93. The molecule has 5 rings (SSSR count). The molecule has 3 aromatic heterocycles. The van der Waals surface area contributed by atoms with Gasteiger partial charge in [-0.05, 0) is 51.2 Å². The van der Waals surface area contributed by atoms with Crippen LogP contribution in [-0.4, -0.2) is 69.2 Å². The molecule has 4 heterocycles. The van der Waals surface area contributed by atoms with Crippen LogP contribution in [-0.2, 0) is 0 Å². The van der Waals surface area contributed by atoms with E-state index in [1.807, 2.05) is 36.4 Å². The number of aromatic nitrogens is 5. The van der Waals surface area contributed by atoms with E-state index in [0.717, 1.165) is 42.8 Å². The summed E-state index contributed by atoms with van der Waals surface area (Å²) in [6.45, 7) is 1.94. The van der Waals surface area contributed by atoms with Crippen molar-refractivity contribution >= 4 is 28.6 Å². The van der Waals surface area contributed by atoms with Crippen molar-refractivity contribution in [2.45, 2.75) is 18.9 Å². The van der Waals surface area contributed by atoms with Gasteiger partial charge in [0, 0.05) is 31.4 Å². The lowest BCUT2D eigenvalue weighted by Crippen LogP contribution is -2.42. The standard InChI is InChI=1S/C23H26N8O/c1-30(2)16-9-11-31(12-10-16)21-8-7-15(14-24-21)23(32)27-20-13-19(28-29-20)22-25-17-5-3-4-6-18(17)26-22/h3-8,13-14,16H,9-12H2,1-2H3,(H,25,26)(H2,27,28,29,32). The summed E-state index contributed by atoms with van der Waals surface area (Å²) >= 11 is 0. The highest BCUT2D eigenvalue weighted by molar-refractivity contribution is 6.03. The van der Waals surface area contributed by atoms with E-state index < -0.39 is 0 Å². The molecule has 0 aliphatic carbocycles. The minimum Gasteiger partial charge on any atom is -0.357 e. The van der Waals surface area contributed by atoms with E-state index in [-0.39, 0.29) is 5.91 Å². The fourth-order valence-corrected chi connectivity index (χ4v) is 4.09. The molecule has 3 N–H and O–H groups in total. The monoisotopic (exact) mass is 430 g/mol. The minimum atomic E-state index is -0.252. The second kappa shape index (κ2) is 8.43. The molecule has 0 bridgehead atoms. The zero-order valence-electron chi connectivity index (χ0n) is 18.2. The van der Waals surface area contributed by atoms with Gasteiger partial charge in [0.25, 0.3) is 5.91 Å². The van der Waals surface area contributed by atoms with Crippen LogP contribution < -0.4 is 10.2 Å². The van der Waals surface area contributed by atoms with Gasteiger partial charge in [-0.2, -0.15) is 5.10 Å². The van der Waals surface area contributed by atoms with E-state index >= 15 is 0 Å². The van der Waals surface area contributed by atoms with E-state index in [4.69, 9.17) is 0 Å². The Balaban J connectivity index is 1.23. The third kappa shape index (κ3) is 4.06. The number of fused-ring (bicyclic) bond motifs is 1. The molecule has 32 heavy (non-hydrogen) atoms. The second-order valence-corrected chi connectivity index (χ2v) is 8.31. The van der Waals surface area contributed by atoms with Crippen molar-refractivity contribution in [1.82, 2.24) is 30.0 Å². The molecular formula is C23H26N8O. The smallest absolute Gasteiger partial charge is 0.258 e. The Bertz CT molecular complexity index is 1190. The lowest BCUT2D eigenvalue weighted by Gasteiger charge is -2.35. The number of piperidine rings is 1. The number of carbonyl (C=O) groups excluding carboxylic acids is 1. The minimum absolute atomic E-state index is 0.252. The number of imidazole rings is 1. The predicted molar refractivity (Wildman–Crippen MR) is 125 cm³/mol. The highest BCUT2D eigenvalue weighted by atomic mass is 16.1. The average molecular weight is 431 g/mol. The third-order valence-electron chi connectivity index (χ3n) is 5.99. The maximum atomic E-state index is 12.7. The molecule has 164 valence electrons. The van der Waals surface area contributed by atoms with Gasteiger partial charge < -0.3 is 20.1 Å². The molecule has 9 heteroatoms. The van der Waals surface area contributed by atoms with Gasteiger partial charge in [0.2, 0.25) is 0 Å². The van der Waals surface area contributed by atoms with Gasteiger partial charge in [0.15, 0.2) is 11.6 Å². The molecular weight excluding hydrogens is 404 g/mol. The molecule has 0 spiro atoms. The lowest BCUT2D eigenvalue weighted by atomic mass is 10.0. The normalized spacial score (nSPS) is 14.9. The van der Waals surface area contributed by atoms with E-state index in [0.29, 0.717) is 28.9 Å². The number of hydrogen-bond acceptors (Lipinski definition) is 6. The highest BCUT2D eigenvalue weighted by Crippen LogP contribution is 2.22. The van der Waals surface area contributed by atoms with Gasteiger partial charge in [-0.3, -0.25) is 9.89 Å². The fourth-order valence-electron chi connectivity index (χ4n) is 4.09. The Kier molecular flexibility index (Phi) is 5.32. The number of aromatic amines is 2. The quantitative estimate of drug-likeness (QED) is 0.449. The van der Waals surface area contributed by atoms with Crippen LogP contribution in [0.25, 0.3) is 22.6 Å². The summed E-state index contributed by atoms with van der Waals surface area (Å²) < 4.78 is 0. The van der Waals surface area contributed by atoms with Crippen LogP contribution in [0.4, 0.5) is 11.6 Å². The average Bonchev–Trinajstić information content (AvgIpc) is 3.46. The van der Waals surface area contributed by atoms with Crippen LogP contribution in [0.3, 0.4) is 0 Å². The third-order valence-corrected chi connectivity index (χ3v) is 5.99. The number of hydrogen-bond donors (Lipinski definition) is 3. The lowest BCUT2D eigenvalue weighted by molar-refractivity contribution is 0.102. The Labute approximate surface area is 185 Å². The van der Waals surface area contributed by atoms with Crippen LogP contribution >= 0.6 is 0 Å². The van der Waals surface area contributed by atoms with Crippen molar-refractivity contribution in [2.75, 3.05) is 37.4 Å². The largest absolute Gasteiger partial charge is 0.357 e. The molecule has 1 fully saturated rings. The molecule has 0 radical (unpaired) electrons.